The minimum absolute atomic E-state index is 0.502. The topological polar surface area (TPSA) is 49.8 Å². The van der Waals surface area contributed by atoms with Gasteiger partial charge in [-0.15, -0.1) is 0 Å². The second kappa shape index (κ2) is 4.99. The molecule has 0 aliphatic carbocycles. The Kier molecular flexibility index (Phi) is 3.92. The van der Waals surface area contributed by atoms with Crippen molar-refractivity contribution in [2.24, 2.45) is 0 Å². The van der Waals surface area contributed by atoms with Crippen LogP contribution in [-0.2, 0) is 9.53 Å². The van der Waals surface area contributed by atoms with Crippen molar-refractivity contribution in [3.05, 3.63) is 11.6 Å². The van der Waals surface area contributed by atoms with E-state index in [0.29, 0.717) is 18.7 Å². The first-order valence-corrected chi connectivity index (χ1v) is 4.37. The lowest BCUT2D eigenvalue weighted by atomic mass is 10.1. The van der Waals surface area contributed by atoms with Crippen LogP contribution < -0.4 is 0 Å². The van der Waals surface area contributed by atoms with Crippen LogP contribution in [-0.4, -0.2) is 49.3 Å². The third kappa shape index (κ3) is 3.16. The quantitative estimate of drug-likeness (QED) is 0.686. The molecule has 4 nitrogen and oxygen atoms in total. The van der Waals surface area contributed by atoms with Crippen LogP contribution in [0.25, 0.3) is 0 Å². The average molecular weight is 185 g/mol. The molecular formula is C9H15NO3. The number of methoxy groups -OCH3 is 1. The lowest BCUT2D eigenvalue weighted by Crippen LogP contribution is -2.34. The molecule has 0 fully saturated rings. The van der Waals surface area contributed by atoms with Crippen LogP contribution in [0.4, 0.5) is 0 Å². The monoisotopic (exact) mass is 185 g/mol. The lowest BCUT2D eigenvalue weighted by Gasteiger charge is -2.25. The number of carbonyl (C=O) groups is 1. The SMILES string of the molecule is COCCN1CCC=C(C(=O)O)C1. The highest BCUT2D eigenvalue weighted by molar-refractivity contribution is 5.87. The molecule has 1 aliphatic rings. The summed E-state index contributed by atoms with van der Waals surface area (Å²) in [6, 6.07) is 0. The van der Waals surface area contributed by atoms with Gasteiger partial charge in [0.15, 0.2) is 0 Å². The summed E-state index contributed by atoms with van der Waals surface area (Å²) in [6.45, 7) is 2.94. The highest BCUT2D eigenvalue weighted by atomic mass is 16.5. The van der Waals surface area contributed by atoms with Gasteiger partial charge in [0.1, 0.15) is 0 Å². The average Bonchev–Trinajstić information content (AvgIpc) is 2.15. The first-order chi connectivity index (χ1) is 6.24. The molecule has 0 atom stereocenters. The molecule has 1 N–H and O–H groups in total. The van der Waals surface area contributed by atoms with Gasteiger partial charge in [-0.1, -0.05) is 6.08 Å². The van der Waals surface area contributed by atoms with E-state index in [9.17, 15) is 4.79 Å². The van der Waals surface area contributed by atoms with Crippen LogP contribution in [0.15, 0.2) is 11.6 Å². The van der Waals surface area contributed by atoms with Crippen molar-refractivity contribution in [2.45, 2.75) is 6.42 Å². The maximum absolute atomic E-state index is 10.6. The van der Waals surface area contributed by atoms with Gasteiger partial charge in [0.25, 0.3) is 0 Å². The molecule has 0 amide bonds. The molecule has 0 unspecified atom stereocenters. The van der Waals surface area contributed by atoms with Crippen LogP contribution in [0.1, 0.15) is 6.42 Å². The van der Waals surface area contributed by atoms with Crippen molar-refractivity contribution < 1.29 is 14.6 Å². The smallest absolute Gasteiger partial charge is 0.332 e. The van der Waals surface area contributed by atoms with Gasteiger partial charge in [-0.3, -0.25) is 4.90 Å². The van der Waals surface area contributed by atoms with Gasteiger partial charge >= 0.3 is 5.97 Å². The summed E-state index contributed by atoms with van der Waals surface area (Å²) in [6.07, 6.45) is 2.62. The maximum atomic E-state index is 10.6. The molecule has 0 saturated carbocycles. The van der Waals surface area contributed by atoms with Crippen molar-refractivity contribution >= 4 is 5.97 Å². The van der Waals surface area contributed by atoms with E-state index in [0.717, 1.165) is 19.5 Å². The van der Waals surface area contributed by atoms with Crippen LogP contribution >= 0.6 is 0 Å². The molecule has 1 heterocycles. The number of ether oxygens (including phenoxy) is 1. The standard InChI is InChI=1S/C9H15NO3/c1-13-6-5-10-4-2-3-8(7-10)9(11)12/h3H,2,4-7H2,1H3,(H,11,12). The van der Waals surface area contributed by atoms with Gasteiger partial charge < -0.3 is 9.84 Å². The summed E-state index contributed by atoms with van der Waals surface area (Å²) in [5.41, 5.74) is 0.502. The van der Waals surface area contributed by atoms with Gasteiger partial charge in [-0.2, -0.15) is 0 Å². The van der Waals surface area contributed by atoms with E-state index in [1.54, 1.807) is 13.2 Å². The Labute approximate surface area is 77.8 Å². The molecule has 0 saturated heterocycles. The van der Waals surface area contributed by atoms with Crippen molar-refractivity contribution in [3.8, 4) is 0 Å². The predicted molar refractivity (Wildman–Crippen MR) is 48.7 cm³/mol. The molecule has 0 aromatic carbocycles. The van der Waals surface area contributed by atoms with E-state index in [-0.39, 0.29) is 0 Å². The number of hydrogen-bond acceptors (Lipinski definition) is 3. The molecule has 0 aromatic rings. The molecule has 0 aromatic heterocycles. The van der Waals surface area contributed by atoms with Crippen molar-refractivity contribution in [2.75, 3.05) is 33.4 Å². The highest BCUT2D eigenvalue weighted by Crippen LogP contribution is 2.08. The molecule has 0 bridgehead atoms. The van der Waals surface area contributed by atoms with E-state index >= 15 is 0 Å². The van der Waals surface area contributed by atoms with Gasteiger partial charge in [0, 0.05) is 32.3 Å². The summed E-state index contributed by atoms with van der Waals surface area (Å²) in [5, 5.41) is 8.76. The second-order valence-corrected chi connectivity index (χ2v) is 3.09. The van der Waals surface area contributed by atoms with Crippen LogP contribution in [0, 0.1) is 0 Å². The van der Waals surface area contributed by atoms with Crippen LogP contribution in [0.2, 0.25) is 0 Å². The summed E-state index contributed by atoms with van der Waals surface area (Å²) in [7, 11) is 1.65. The zero-order valence-corrected chi connectivity index (χ0v) is 7.82. The zero-order chi connectivity index (χ0) is 9.68. The van der Waals surface area contributed by atoms with Gasteiger partial charge in [-0.25, -0.2) is 4.79 Å². The van der Waals surface area contributed by atoms with Gasteiger partial charge in [0.2, 0.25) is 0 Å². The molecule has 1 rings (SSSR count). The van der Waals surface area contributed by atoms with Gasteiger partial charge in [-0.05, 0) is 6.42 Å². The minimum atomic E-state index is -0.804. The van der Waals surface area contributed by atoms with Crippen LogP contribution in [0.3, 0.4) is 0 Å². The molecule has 0 radical (unpaired) electrons. The Balaban J connectivity index is 2.38. The van der Waals surface area contributed by atoms with E-state index in [2.05, 4.69) is 4.90 Å². The molecule has 0 spiro atoms. The fourth-order valence-electron chi connectivity index (χ4n) is 1.37. The van der Waals surface area contributed by atoms with Crippen molar-refractivity contribution in [1.29, 1.82) is 0 Å². The van der Waals surface area contributed by atoms with Crippen LogP contribution in [0.5, 0.6) is 0 Å². The Morgan fingerprint density at radius 1 is 1.77 bits per heavy atom. The third-order valence-electron chi connectivity index (χ3n) is 2.12. The Morgan fingerprint density at radius 3 is 3.15 bits per heavy atom. The molecular weight excluding hydrogens is 170 g/mol. The summed E-state index contributed by atoms with van der Waals surface area (Å²) < 4.78 is 4.93. The first kappa shape index (κ1) is 10.2. The number of hydrogen-bond donors (Lipinski definition) is 1. The Hall–Kier alpha value is -0.870. The van der Waals surface area contributed by atoms with E-state index in [1.807, 2.05) is 0 Å². The number of carboxylic acid groups (broad SMARTS) is 1. The number of nitrogens with zero attached hydrogens (tertiary/aromatic N) is 1. The summed E-state index contributed by atoms with van der Waals surface area (Å²) in [4.78, 5) is 12.7. The molecule has 1 aliphatic heterocycles. The number of carboxylic acids is 1. The second-order valence-electron chi connectivity index (χ2n) is 3.09. The lowest BCUT2D eigenvalue weighted by molar-refractivity contribution is -0.133. The fraction of sp³-hybridized carbons (Fsp3) is 0.667. The first-order valence-electron chi connectivity index (χ1n) is 4.37. The molecule has 13 heavy (non-hydrogen) atoms. The molecule has 4 heteroatoms. The highest BCUT2D eigenvalue weighted by Gasteiger charge is 2.16. The normalized spacial score (nSPS) is 18.4. The van der Waals surface area contributed by atoms with Crippen molar-refractivity contribution in [3.63, 3.8) is 0 Å². The van der Waals surface area contributed by atoms with E-state index < -0.39 is 5.97 Å². The largest absolute Gasteiger partial charge is 0.478 e. The molecule has 74 valence electrons. The van der Waals surface area contributed by atoms with Gasteiger partial charge in [0.05, 0.1) is 6.61 Å². The fourth-order valence-corrected chi connectivity index (χ4v) is 1.37. The summed E-state index contributed by atoms with van der Waals surface area (Å²) >= 11 is 0. The number of aliphatic carboxylic acids is 1. The Bertz CT molecular complexity index is 213. The predicted octanol–water partition coefficient (Wildman–Crippen LogP) is 0.349. The third-order valence-corrected chi connectivity index (χ3v) is 2.12. The minimum Gasteiger partial charge on any atom is -0.478 e. The Morgan fingerprint density at radius 2 is 2.54 bits per heavy atom. The van der Waals surface area contributed by atoms with E-state index in [4.69, 9.17) is 9.84 Å². The van der Waals surface area contributed by atoms with E-state index in [1.165, 1.54) is 0 Å². The zero-order valence-electron chi connectivity index (χ0n) is 7.82. The number of rotatable bonds is 4. The maximum Gasteiger partial charge on any atom is 0.332 e. The summed E-state index contributed by atoms with van der Waals surface area (Å²) in [5.74, 6) is -0.804. The van der Waals surface area contributed by atoms with Crippen molar-refractivity contribution in [1.82, 2.24) is 4.90 Å².